The van der Waals surface area contributed by atoms with Crippen molar-refractivity contribution in [2.75, 3.05) is 6.61 Å². The van der Waals surface area contributed by atoms with Gasteiger partial charge in [0.25, 0.3) is 11.7 Å². The van der Waals surface area contributed by atoms with Crippen LogP contribution < -0.4 is 4.74 Å². The number of hydrogen-bond donors (Lipinski definition) is 2. The SMILES string of the molecule is CCCOc1ccc(/C(O)=C2\C(=O)C(=O)N(Cc3cccc(C(F)(F)F)c3)C2c2ccc(O)cc2)cc1. The smallest absolute Gasteiger partial charge is 0.416 e. The van der Waals surface area contributed by atoms with Crippen molar-refractivity contribution in [2.24, 2.45) is 0 Å². The van der Waals surface area contributed by atoms with Crippen LogP contribution in [0.1, 0.15) is 41.6 Å². The number of alkyl halides is 3. The van der Waals surface area contributed by atoms with E-state index in [2.05, 4.69) is 0 Å². The summed E-state index contributed by atoms with van der Waals surface area (Å²) < 4.78 is 45.3. The number of aromatic hydroxyl groups is 1. The summed E-state index contributed by atoms with van der Waals surface area (Å²) in [6.45, 7) is 2.16. The summed E-state index contributed by atoms with van der Waals surface area (Å²) in [5.74, 6) is -1.83. The van der Waals surface area contributed by atoms with Crippen LogP contribution in [0.2, 0.25) is 0 Å². The number of phenolic OH excluding ortho intramolecular Hbond substituents is 1. The molecule has 0 aromatic heterocycles. The van der Waals surface area contributed by atoms with E-state index in [-0.39, 0.29) is 29.0 Å². The number of phenols is 1. The van der Waals surface area contributed by atoms with Crippen LogP contribution in [0.3, 0.4) is 0 Å². The molecule has 9 heteroatoms. The molecule has 1 heterocycles. The molecule has 4 rings (SSSR count). The van der Waals surface area contributed by atoms with E-state index < -0.39 is 35.2 Å². The van der Waals surface area contributed by atoms with Crippen LogP contribution in [-0.2, 0) is 22.3 Å². The lowest BCUT2D eigenvalue weighted by atomic mass is 9.95. The highest BCUT2D eigenvalue weighted by Crippen LogP contribution is 2.41. The fourth-order valence-corrected chi connectivity index (χ4v) is 4.17. The first-order chi connectivity index (χ1) is 17.6. The number of aliphatic hydroxyl groups is 1. The lowest BCUT2D eigenvalue weighted by Crippen LogP contribution is -2.29. The fourth-order valence-electron chi connectivity index (χ4n) is 4.17. The Bertz CT molecular complexity index is 1330. The number of amides is 1. The highest BCUT2D eigenvalue weighted by molar-refractivity contribution is 6.46. The molecular weight excluding hydrogens is 487 g/mol. The molecule has 192 valence electrons. The Hall–Kier alpha value is -4.27. The van der Waals surface area contributed by atoms with Crippen molar-refractivity contribution in [3.8, 4) is 11.5 Å². The number of Topliss-reactive ketones (excluding diaryl/α,β-unsaturated/α-hetero) is 1. The number of likely N-dealkylation sites (tertiary alicyclic amines) is 1. The second kappa shape index (κ2) is 10.4. The van der Waals surface area contributed by atoms with Crippen molar-refractivity contribution in [1.29, 1.82) is 0 Å². The summed E-state index contributed by atoms with van der Waals surface area (Å²) in [6.07, 6.45) is -3.77. The second-order valence-electron chi connectivity index (χ2n) is 8.59. The molecule has 37 heavy (non-hydrogen) atoms. The molecule has 1 aliphatic rings. The zero-order valence-corrected chi connectivity index (χ0v) is 19.8. The number of ether oxygens (including phenoxy) is 1. The van der Waals surface area contributed by atoms with Gasteiger partial charge in [-0.1, -0.05) is 31.2 Å². The Morgan fingerprint density at radius 3 is 2.30 bits per heavy atom. The number of carbonyl (C=O) groups is 2. The lowest BCUT2D eigenvalue weighted by molar-refractivity contribution is -0.140. The molecule has 1 fully saturated rings. The summed E-state index contributed by atoms with van der Waals surface area (Å²) in [6, 6.07) is 15.4. The van der Waals surface area contributed by atoms with Crippen LogP contribution in [0.25, 0.3) is 5.76 Å². The molecule has 3 aromatic rings. The molecule has 1 atom stereocenters. The van der Waals surface area contributed by atoms with Gasteiger partial charge in [-0.05, 0) is 66.1 Å². The van der Waals surface area contributed by atoms with Gasteiger partial charge in [-0.15, -0.1) is 0 Å². The summed E-state index contributed by atoms with van der Waals surface area (Å²) in [4.78, 5) is 27.4. The topological polar surface area (TPSA) is 87.1 Å². The maximum Gasteiger partial charge on any atom is 0.416 e. The number of nitrogens with zero attached hydrogens (tertiary/aromatic N) is 1. The van der Waals surface area contributed by atoms with Crippen LogP contribution in [-0.4, -0.2) is 33.4 Å². The van der Waals surface area contributed by atoms with Gasteiger partial charge in [-0.2, -0.15) is 13.2 Å². The number of halogens is 3. The van der Waals surface area contributed by atoms with E-state index in [9.17, 15) is 33.0 Å². The molecule has 1 amide bonds. The molecule has 0 spiro atoms. The first-order valence-corrected chi connectivity index (χ1v) is 11.6. The number of hydrogen-bond acceptors (Lipinski definition) is 5. The highest BCUT2D eigenvalue weighted by atomic mass is 19.4. The lowest BCUT2D eigenvalue weighted by Gasteiger charge is -2.26. The van der Waals surface area contributed by atoms with Crippen molar-refractivity contribution in [3.63, 3.8) is 0 Å². The number of benzene rings is 3. The van der Waals surface area contributed by atoms with Crippen LogP contribution in [0.4, 0.5) is 13.2 Å². The van der Waals surface area contributed by atoms with Gasteiger partial charge in [0.05, 0.1) is 23.8 Å². The van der Waals surface area contributed by atoms with Gasteiger partial charge in [0, 0.05) is 12.1 Å². The first-order valence-electron chi connectivity index (χ1n) is 11.6. The largest absolute Gasteiger partial charge is 0.508 e. The van der Waals surface area contributed by atoms with Gasteiger partial charge in [-0.25, -0.2) is 0 Å². The maximum absolute atomic E-state index is 13.2. The Morgan fingerprint density at radius 2 is 1.68 bits per heavy atom. The van der Waals surface area contributed by atoms with E-state index in [4.69, 9.17) is 4.74 Å². The normalized spacial score (nSPS) is 17.3. The number of aliphatic hydroxyl groups excluding tert-OH is 1. The predicted octanol–water partition coefficient (Wildman–Crippen LogP) is 5.82. The fraction of sp³-hybridized carbons (Fsp3) is 0.214. The molecule has 1 saturated heterocycles. The zero-order valence-electron chi connectivity index (χ0n) is 19.8. The van der Waals surface area contributed by atoms with Crippen molar-refractivity contribution < 1.29 is 37.7 Å². The molecule has 2 N–H and O–H groups in total. The van der Waals surface area contributed by atoms with E-state index in [1.165, 1.54) is 36.4 Å². The summed E-state index contributed by atoms with van der Waals surface area (Å²) in [5, 5.41) is 20.9. The Balaban J connectivity index is 1.78. The molecule has 3 aromatic carbocycles. The summed E-state index contributed by atoms with van der Waals surface area (Å²) in [7, 11) is 0. The molecule has 0 bridgehead atoms. The maximum atomic E-state index is 13.2. The van der Waals surface area contributed by atoms with E-state index in [1.807, 2.05) is 6.92 Å². The van der Waals surface area contributed by atoms with Crippen molar-refractivity contribution in [2.45, 2.75) is 32.1 Å². The van der Waals surface area contributed by atoms with E-state index >= 15 is 0 Å². The number of carbonyl (C=O) groups excluding carboxylic acids is 2. The van der Waals surface area contributed by atoms with Gasteiger partial charge < -0.3 is 19.8 Å². The minimum Gasteiger partial charge on any atom is -0.508 e. The van der Waals surface area contributed by atoms with Crippen LogP contribution in [0.15, 0.2) is 78.4 Å². The molecule has 0 aliphatic carbocycles. The molecule has 0 saturated carbocycles. The van der Waals surface area contributed by atoms with Crippen molar-refractivity contribution in [3.05, 3.63) is 101 Å². The summed E-state index contributed by atoms with van der Waals surface area (Å²) in [5.41, 5.74) is -0.255. The van der Waals surface area contributed by atoms with Crippen molar-refractivity contribution >= 4 is 17.4 Å². The quantitative estimate of drug-likeness (QED) is 0.237. The zero-order chi connectivity index (χ0) is 26.7. The standard InChI is InChI=1S/C28H24F3NO5/c1-2-14-37-22-12-8-19(9-13-22)25(34)23-24(18-6-10-21(33)11-7-18)32(27(36)26(23)35)16-17-4-3-5-20(15-17)28(29,30)31/h3-13,15,24,33-34H,2,14,16H2,1H3/b25-23+. The minimum atomic E-state index is -4.58. The predicted molar refractivity (Wildman–Crippen MR) is 130 cm³/mol. The monoisotopic (exact) mass is 511 g/mol. The summed E-state index contributed by atoms with van der Waals surface area (Å²) >= 11 is 0. The van der Waals surface area contributed by atoms with Crippen LogP contribution in [0.5, 0.6) is 11.5 Å². The van der Waals surface area contributed by atoms with Gasteiger partial charge in [0.1, 0.15) is 17.3 Å². The van der Waals surface area contributed by atoms with Crippen LogP contribution in [0, 0.1) is 0 Å². The van der Waals surface area contributed by atoms with Crippen molar-refractivity contribution in [1.82, 2.24) is 4.90 Å². The van der Waals surface area contributed by atoms with Gasteiger partial charge in [0.15, 0.2) is 0 Å². The van der Waals surface area contributed by atoms with E-state index in [0.29, 0.717) is 17.9 Å². The molecule has 1 unspecified atom stereocenters. The average Bonchev–Trinajstić information content (AvgIpc) is 3.12. The Labute approximate surface area is 211 Å². The number of rotatable bonds is 7. The molecule has 0 radical (unpaired) electrons. The molecule has 6 nitrogen and oxygen atoms in total. The van der Waals surface area contributed by atoms with Gasteiger partial charge >= 0.3 is 6.18 Å². The third-order valence-electron chi connectivity index (χ3n) is 5.96. The molecular formula is C28H24F3NO5. The number of ketones is 1. The molecule has 1 aliphatic heterocycles. The Kier molecular flexibility index (Phi) is 7.24. The first kappa shape index (κ1) is 25.8. The van der Waals surface area contributed by atoms with E-state index in [1.54, 1.807) is 24.3 Å². The average molecular weight is 511 g/mol. The third kappa shape index (κ3) is 5.45. The second-order valence-corrected chi connectivity index (χ2v) is 8.59. The highest BCUT2D eigenvalue weighted by Gasteiger charge is 2.46. The van der Waals surface area contributed by atoms with Crippen LogP contribution >= 0.6 is 0 Å². The van der Waals surface area contributed by atoms with Gasteiger partial charge in [-0.3, -0.25) is 9.59 Å². The third-order valence-corrected chi connectivity index (χ3v) is 5.96. The van der Waals surface area contributed by atoms with E-state index in [0.717, 1.165) is 23.5 Å². The Morgan fingerprint density at radius 1 is 1.00 bits per heavy atom. The van der Waals surface area contributed by atoms with Gasteiger partial charge in [0.2, 0.25) is 0 Å². The minimum absolute atomic E-state index is 0.0544.